The molecular formula is C19H25N3O2. The Morgan fingerprint density at radius 2 is 1.96 bits per heavy atom. The summed E-state index contributed by atoms with van der Waals surface area (Å²) in [4.78, 5) is 21.7. The number of fused-ring (bicyclic) bond motifs is 1. The lowest BCUT2D eigenvalue weighted by Gasteiger charge is -2.38. The summed E-state index contributed by atoms with van der Waals surface area (Å²) in [5, 5.41) is 10.4. The largest absolute Gasteiger partial charge is 0.395 e. The van der Waals surface area contributed by atoms with Gasteiger partial charge in [-0.25, -0.2) is 0 Å². The highest BCUT2D eigenvalue weighted by atomic mass is 16.3. The number of carbonyl (C=O) groups is 1. The average Bonchev–Trinajstić information content (AvgIpc) is 2.62. The molecule has 0 radical (unpaired) electrons. The third-order valence-electron chi connectivity index (χ3n) is 4.89. The summed E-state index contributed by atoms with van der Waals surface area (Å²) in [6.07, 6.45) is 0.928. The van der Waals surface area contributed by atoms with Gasteiger partial charge in [0, 0.05) is 43.3 Å². The van der Waals surface area contributed by atoms with Crippen LogP contribution >= 0.6 is 0 Å². The smallest absolute Gasteiger partial charge is 0.256 e. The van der Waals surface area contributed by atoms with Gasteiger partial charge in [0.05, 0.1) is 17.7 Å². The van der Waals surface area contributed by atoms with E-state index in [2.05, 4.69) is 16.8 Å². The van der Waals surface area contributed by atoms with E-state index in [0.29, 0.717) is 18.7 Å². The maximum absolute atomic E-state index is 13.0. The minimum absolute atomic E-state index is 0.0513. The van der Waals surface area contributed by atoms with Crippen LogP contribution in [0.1, 0.15) is 29.4 Å². The Morgan fingerprint density at radius 1 is 1.21 bits per heavy atom. The molecule has 1 N–H and O–H groups in total. The van der Waals surface area contributed by atoms with Gasteiger partial charge in [-0.05, 0) is 25.5 Å². The summed E-state index contributed by atoms with van der Waals surface area (Å²) in [6.45, 7) is 7.21. The molecule has 1 saturated heterocycles. The summed E-state index contributed by atoms with van der Waals surface area (Å²) < 4.78 is 0. The van der Waals surface area contributed by atoms with Crippen LogP contribution in [0, 0.1) is 6.92 Å². The molecule has 24 heavy (non-hydrogen) atoms. The van der Waals surface area contributed by atoms with Gasteiger partial charge in [-0.1, -0.05) is 25.1 Å². The van der Waals surface area contributed by atoms with Gasteiger partial charge < -0.3 is 10.0 Å². The molecule has 0 spiro atoms. The molecule has 1 aromatic heterocycles. The first-order chi connectivity index (χ1) is 11.6. The van der Waals surface area contributed by atoms with Crippen LogP contribution in [0.15, 0.2) is 30.3 Å². The van der Waals surface area contributed by atoms with Gasteiger partial charge in [0.2, 0.25) is 0 Å². The quantitative estimate of drug-likeness (QED) is 0.934. The molecule has 2 aromatic rings. The van der Waals surface area contributed by atoms with Gasteiger partial charge in [-0.2, -0.15) is 0 Å². The van der Waals surface area contributed by atoms with Crippen molar-refractivity contribution in [2.24, 2.45) is 0 Å². The number of piperazine rings is 1. The number of pyridine rings is 1. The first-order valence-corrected chi connectivity index (χ1v) is 8.64. The summed E-state index contributed by atoms with van der Waals surface area (Å²) in [6, 6.07) is 9.95. The molecular weight excluding hydrogens is 302 g/mol. The second kappa shape index (κ2) is 7.28. The second-order valence-electron chi connectivity index (χ2n) is 6.40. The number of aliphatic hydroxyl groups excluding tert-OH is 1. The molecule has 0 bridgehead atoms. The third-order valence-corrected chi connectivity index (χ3v) is 4.89. The van der Waals surface area contributed by atoms with E-state index < -0.39 is 0 Å². The van der Waals surface area contributed by atoms with Gasteiger partial charge in [0.15, 0.2) is 0 Å². The summed E-state index contributed by atoms with van der Waals surface area (Å²) in [7, 11) is 0. The van der Waals surface area contributed by atoms with Gasteiger partial charge in [-0.3, -0.25) is 14.7 Å². The van der Waals surface area contributed by atoms with E-state index in [-0.39, 0.29) is 18.6 Å². The van der Waals surface area contributed by atoms with Crippen LogP contribution < -0.4 is 0 Å². The molecule has 0 aliphatic carbocycles. The average molecular weight is 327 g/mol. The highest BCUT2D eigenvalue weighted by Gasteiger charge is 2.26. The van der Waals surface area contributed by atoms with E-state index in [9.17, 15) is 9.90 Å². The Bertz CT molecular complexity index is 720. The second-order valence-corrected chi connectivity index (χ2v) is 6.40. The standard InChI is InChI=1S/C19H25N3O2/c1-3-16(13-23)21-9-11-22(12-10-21)19(24)17-6-4-5-15-8-7-14(2)20-18(15)17/h4-8,16,23H,3,9-13H2,1-2H3. The van der Waals surface area contributed by atoms with Crippen molar-refractivity contribution in [3.8, 4) is 0 Å². The number of carbonyl (C=O) groups excluding carboxylic acids is 1. The zero-order valence-corrected chi connectivity index (χ0v) is 14.4. The molecule has 1 aliphatic heterocycles. The van der Waals surface area contributed by atoms with Crippen molar-refractivity contribution >= 4 is 16.8 Å². The number of rotatable bonds is 4. The summed E-state index contributed by atoms with van der Waals surface area (Å²) >= 11 is 0. The zero-order chi connectivity index (χ0) is 17.1. The molecule has 1 fully saturated rings. The minimum atomic E-state index is 0.0513. The van der Waals surface area contributed by atoms with Crippen LogP contribution in [0.3, 0.4) is 0 Å². The monoisotopic (exact) mass is 327 g/mol. The van der Waals surface area contributed by atoms with E-state index in [1.807, 2.05) is 42.2 Å². The van der Waals surface area contributed by atoms with Gasteiger partial charge >= 0.3 is 0 Å². The SMILES string of the molecule is CCC(CO)N1CCN(C(=O)c2cccc3ccc(C)nc23)CC1. The van der Waals surface area contributed by atoms with E-state index in [1.54, 1.807) is 0 Å². The van der Waals surface area contributed by atoms with Crippen LogP contribution in [0.25, 0.3) is 10.9 Å². The first-order valence-electron chi connectivity index (χ1n) is 8.64. The van der Waals surface area contributed by atoms with E-state index in [0.717, 1.165) is 36.1 Å². The molecule has 0 saturated carbocycles. The number of amides is 1. The van der Waals surface area contributed by atoms with Crippen molar-refractivity contribution in [2.75, 3.05) is 32.8 Å². The number of benzene rings is 1. The first kappa shape index (κ1) is 16.9. The lowest BCUT2D eigenvalue weighted by atomic mass is 10.1. The number of nitrogens with zero attached hydrogens (tertiary/aromatic N) is 3. The highest BCUT2D eigenvalue weighted by Crippen LogP contribution is 2.20. The van der Waals surface area contributed by atoms with Crippen molar-refractivity contribution in [1.82, 2.24) is 14.8 Å². The molecule has 5 nitrogen and oxygen atoms in total. The van der Waals surface area contributed by atoms with E-state index in [4.69, 9.17) is 0 Å². The van der Waals surface area contributed by atoms with Crippen molar-refractivity contribution < 1.29 is 9.90 Å². The number of hydrogen-bond donors (Lipinski definition) is 1. The predicted molar refractivity (Wildman–Crippen MR) is 95.1 cm³/mol. The lowest BCUT2D eigenvalue weighted by Crippen LogP contribution is -2.52. The maximum Gasteiger partial charge on any atom is 0.256 e. The van der Waals surface area contributed by atoms with Crippen LogP contribution in [-0.2, 0) is 0 Å². The number of aryl methyl sites for hydroxylation is 1. The van der Waals surface area contributed by atoms with Crippen molar-refractivity contribution in [2.45, 2.75) is 26.3 Å². The Hall–Kier alpha value is -1.98. The predicted octanol–water partition coefficient (Wildman–Crippen LogP) is 2.07. The van der Waals surface area contributed by atoms with Crippen LogP contribution in [0.2, 0.25) is 0 Å². The van der Waals surface area contributed by atoms with Gasteiger partial charge in [-0.15, -0.1) is 0 Å². The number of aromatic nitrogens is 1. The van der Waals surface area contributed by atoms with Crippen molar-refractivity contribution in [3.63, 3.8) is 0 Å². The number of para-hydroxylation sites is 1. The van der Waals surface area contributed by atoms with Crippen LogP contribution in [0.5, 0.6) is 0 Å². The highest BCUT2D eigenvalue weighted by molar-refractivity contribution is 6.05. The minimum Gasteiger partial charge on any atom is -0.395 e. The molecule has 1 atom stereocenters. The maximum atomic E-state index is 13.0. The molecule has 2 heterocycles. The zero-order valence-electron chi connectivity index (χ0n) is 14.4. The summed E-state index contributed by atoms with van der Waals surface area (Å²) in [5.41, 5.74) is 2.38. The number of hydrogen-bond acceptors (Lipinski definition) is 4. The molecule has 3 rings (SSSR count). The fourth-order valence-corrected chi connectivity index (χ4v) is 3.38. The molecule has 1 aromatic carbocycles. The summed E-state index contributed by atoms with van der Waals surface area (Å²) in [5.74, 6) is 0.0513. The fraction of sp³-hybridized carbons (Fsp3) is 0.474. The third kappa shape index (κ3) is 3.28. The van der Waals surface area contributed by atoms with Gasteiger partial charge in [0.25, 0.3) is 5.91 Å². The topological polar surface area (TPSA) is 56.7 Å². The van der Waals surface area contributed by atoms with Gasteiger partial charge in [0.1, 0.15) is 0 Å². The lowest BCUT2D eigenvalue weighted by molar-refractivity contribution is 0.0473. The molecule has 128 valence electrons. The van der Waals surface area contributed by atoms with Crippen LogP contribution in [0.4, 0.5) is 0 Å². The van der Waals surface area contributed by atoms with E-state index in [1.165, 1.54) is 0 Å². The Morgan fingerprint density at radius 3 is 2.62 bits per heavy atom. The fourth-order valence-electron chi connectivity index (χ4n) is 3.38. The molecule has 1 amide bonds. The normalized spacial score (nSPS) is 17.2. The Kier molecular flexibility index (Phi) is 5.11. The molecule has 1 unspecified atom stereocenters. The molecule has 5 heteroatoms. The van der Waals surface area contributed by atoms with Crippen molar-refractivity contribution in [3.05, 3.63) is 41.6 Å². The number of aliphatic hydroxyl groups is 1. The Labute approximate surface area is 142 Å². The van der Waals surface area contributed by atoms with Crippen LogP contribution in [-0.4, -0.2) is 64.6 Å². The molecule has 1 aliphatic rings. The van der Waals surface area contributed by atoms with E-state index >= 15 is 0 Å². The van der Waals surface area contributed by atoms with Crippen molar-refractivity contribution in [1.29, 1.82) is 0 Å². The Balaban J connectivity index is 1.78.